The van der Waals surface area contributed by atoms with Crippen LogP contribution in [0.3, 0.4) is 0 Å². The quantitative estimate of drug-likeness (QED) is 0.732. The van der Waals surface area contributed by atoms with Gasteiger partial charge in [-0.25, -0.2) is 4.79 Å². The van der Waals surface area contributed by atoms with Gasteiger partial charge in [0.2, 0.25) is 6.61 Å². The summed E-state index contributed by atoms with van der Waals surface area (Å²) in [6.45, 7) is 6.26. The van der Waals surface area contributed by atoms with E-state index >= 15 is 0 Å². The molecule has 15 heavy (non-hydrogen) atoms. The Morgan fingerprint density at radius 2 is 2.33 bits per heavy atom. The molecule has 1 rings (SSSR count). The summed E-state index contributed by atoms with van der Waals surface area (Å²) in [5, 5.41) is 12.3. The van der Waals surface area contributed by atoms with Crippen molar-refractivity contribution in [1.82, 2.24) is 0 Å². The molecule has 1 N–H and O–H groups in total. The number of hydrogen-bond donors (Lipinski definition) is 1. The highest BCUT2D eigenvalue weighted by Gasteiger charge is 2.29. The second-order valence-corrected chi connectivity index (χ2v) is 5.02. The van der Waals surface area contributed by atoms with Crippen molar-refractivity contribution in [3.63, 3.8) is 0 Å². The summed E-state index contributed by atoms with van der Waals surface area (Å²) in [6.07, 6.45) is 3.09. The van der Waals surface area contributed by atoms with Gasteiger partial charge in [0.05, 0.1) is 5.71 Å². The largest absolute Gasteiger partial charge is 0.479 e. The molecule has 0 aliphatic heterocycles. The Kier molecular flexibility index (Phi) is 3.72. The minimum absolute atomic E-state index is 0.348. The third-order valence-electron chi connectivity index (χ3n) is 2.86. The molecule has 0 aromatic carbocycles. The fourth-order valence-electron chi connectivity index (χ4n) is 2.07. The number of carboxylic acids is 1. The molecule has 0 radical (unpaired) electrons. The SMILES string of the molecule is CC1CC(C)(C)CC/C1=N/OCC(=O)O. The van der Waals surface area contributed by atoms with Crippen LogP contribution < -0.4 is 0 Å². The predicted molar refractivity (Wildman–Crippen MR) is 57.8 cm³/mol. The number of carboxylic acid groups (broad SMARTS) is 1. The third kappa shape index (κ3) is 3.90. The van der Waals surface area contributed by atoms with Gasteiger partial charge in [-0.1, -0.05) is 25.9 Å². The topological polar surface area (TPSA) is 58.9 Å². The molecule has 1 unspecified atom stereocenters. The Morgan fingerprint density at radius 1 is 1.67 bits per heavy atom. The van der Waals surface area contributed by atoms with Crippen LogP contribution >= 0.6 is 0 Å². The molecule has 1 aliphatic rings. The van der Waals surface area contributed by atoms with E-state index in [-0.39, 0.29) is 6.61 Å². The van der Waals surface area contributed by atoms with E-state index in [0.29, 0.717) is 11.3 Å². The maximum absolute atomic E-state index is 10.2. The number of nitrogens with zero attached hydrogens (tertiary/aromatic N) is 1. The Bertz CT molecular complexity index is 271. The van der Waals surface area contributed by atoms with Gasteiger partial charge in [0.15, 0.2) is 0 Å². The fraction of sp³-hybridized carbons (Fsp3) is 0.818. The van der Waals surface area contributed by atoms with Crippen molar-refractivity contribution >= 4 is 11.7 Å². The minimum Gasteiger partial charge on any atom is -0.479 e. The normalized spacial score (nSPS) is 27.7. The molecule has 0 aromatic rings. The Balaban J connectivity index is 2.47. The highest BCUT2D eigenvalue weighted by molar-refractivity contribution is 5.86. The van der Waals surface area contributed by atoms with Gasteiger partial charge in [0.25, 0.3) is 0 Å². The van der Waals surface area contributed by atoms with Crippen LogP contribution in [0.15, 0.2) is 5.16 Å². The minimum atomic E-state index is -0.983. The lowest BCUT2D eigenvalue weighted by molar-refractivity contribution is -0.142. The zero-order chi connectivity index (χ0) is 11.5. The van der Waals surface area contributed by atoms with E-state index in [1.54, 1.807) is 0 Å². The molecule has 0 amide bonds. The molecule has 1 atom stereocenters. The molecule has 0 bridgehead atoms. The van der Waals surface area contributed by atoms with Crippen LogP contribution in [-0.4, -0.2) is 23.4 Å². The van der Waals surface area contributed by atoms with Crippen LogP contribution in [0.5, 0.6) is 0 Å². The van der Waals surface area contributed by atoms with Gasteiger partial charge in [-0.15, -0.1) is 0 Å². The Morgan fingerprint density at radius 3 is 2.87 bits per heavy atom. The number of hydrogen-bond acceptors (Lipinski definition) is 3. The lowest BCUT2D eigenvalue weighted by Crippen LogP contribution is -2.28. The second-order valence-electron chi connectivity index (χ2n) is 5.02. The number of oxime groups is 1. The number of aliphatic carboxylic acids is 1. The molecule has 0 saturated heterocycles. The Labute approximate surface area is 90.3 Å². The van der Waals surface area contributed by atoms with E-state index in [2.05, 4.69) is 25.9 Å². The van der Waals surface area contributed by atoms with Crippen LogP contribution in [0.25, 0.3) is 0 Å². The lowest BCUT2D eigenvalue weighted by atomic mass is 9.72. The molecule has 1 saturated carbocycles. The number of rotatable bonds is 3. The molecule has 4 heteroatoms. The first-order valence-electron chi connectivity index (χ1n) is 5.31. The van der Waals surface area contributed by atoms with Crippen molar-refractivity contribution in [2.75, 3.05) is 6.61 Å². The zero-order valence-corrected chi connectivity index (χ0v) is 9.62. The van der Waals surface area contributed by atoms with Gasteiger partial charge in [0, 0.05) is 0 Å². The Hall–Kier alpha value is -1.06. The summed E-state index contributed by atoms with van der Waals surface area (Å²) < 4.78 is 0. The molecule has 1 fully saturated rings. The average molecular weight is 213 g/mol. The fourth-order valence-corrected chi connectivity index (χ4v) is 2.07. The van der Waals surface area contributed by atoms with Crippen molar-refractivity contribution in [2.45, 2.75) is 40.0 Å². The summed E-state index contributed by atoms with van der Waals surface area (Å²) in [6, 6.07) is 0. The van der Waals surface area contributed by atoms with Crippen molar-refractivity contribution in [3.8, 4) is 0 Å². The van der Waals surface area contributed by atoms with Crippen LogP contribution in [0.4, 0.5) is 0 Å². The third-order valence-corrected chi connectivity index (χ3v) is 2.86. The first-order valence-corrected chi connectivity index (χ1v) is 5.31. The maximum atomic E-state index is 10.2. The van der Waals surface area contributed by atoms with Crippen molar-refractivity contribution < 1.29 is 14.7 Å². The second kappa shape index (κ2) is 4.64. The van der Waals surface area contributed by atoms with Gasteiger partial charge >= 0.3 is 5.97 Å². The predicted octanol–water partition coefficient (Wildman–Crippen LogP) is 2.29. The first-order chi connectivity index (χ1) is 6.91. The summed E-state index contributed by atoms with van der Waals surface area (Å²) in [5.74, 6) is -0.592. The van der Waals surface area contributed by atoms with Gasteiger partial charge < -0.3 is 9.94 Å². The molecule has 1 aliphatic carbocycles. The summed E-state index contributed by atoms with van der Waals surface area (Å²) in [4.78, 5) is 15.0. The van der Waals surface area contributed by atoms with Crippen molar-refractivity contribution in [1.29, 1.82) is 0 Å². The standard InChI is InChI=1S/C11H19NO3/c1-8-6-11(2,3)5-4-9(8)12-15-7-10(13)14/h8H,4-7H2,1-3H3,(H,13,14)/b12-9-. The lowest BCUT2D eigenvalue weighted by Gasteiger charge is -2.34. The van der Waals surface area contributed by atoms with Crippen LogP contribution in [0, 0.1) is 11.3 Å². The van der Waals surface area contributed by atoms with Crippen molar-refractivity contribution in [2.24, 2.45) is 16.5 Å². The smallest absolute Gasteiger partial charge is 0.344 e. The van der Waals surface area contributed by atoms with E-state index in [0.717, 1.165) is 25.0 Å². The van der Waals surface area contributed by atoms with Gasteiger partial charge in [-0.05, 0) is 30.6 Å². The molecule has 4 nitrogen and oxygen atoms in total. The summed E-state index contributed by atoms with van der Waals surface area (Å²) >= 11 is 0. The first kappa shape index (κ1) is 12.0. The van der Waals surface area contributed by atoms with Crippen LogP contribution in [0.2, 0.25) is 0 Å². The maximum Gasteiger partial charge on any atom is 0.344 e. The summed E-state index contributed by atoms with van der Waals surface area (Å²) in [5.41, 5.74) is 1.36. The van der Waals surface area contributed by atoms with Crippen molar-refractivity contribution in [3.05, 3.63) is 0 Å². The van der Waals surface area contributed by atoms with E-state index < -0.39 is 5.97 Å². The molecule has 0 spiro atoms. The van der Waals surface area contributed by atoms with E-state index in [9.17, 15) is 4.79 Å². The van der Waals surface area contributed by atoms with Gasteiger partial charge in [0.1, 0.15) is 0 Å². The van der Waals surface area contributed by atoms with Gasteiger partial charge in [-0.3, -0.25) is 0 Å². The van der Waals surface area contributed by atoms with Crippen LogP contribution in [-0.2, 0) is 9.63 Å². The van der Waals surface area contributed by atoms with Crippen LogP contribution in [0.1, 0.15) is 40.0 Å². The molecular formula is C11H19NO3. The van der Waals surface area contributed by atoms with E-state index in [1.807, 2.05) is 0 Å². The zero-order valence-electron chi connectivity index (χ0n) is 9.62. The molecule has 0 aromatic heterocycles. The van der Waals surface area contributed by atoms with E-state index in [4.69, 9.17) is 9.94 Å². The van der Waals surface area contributed by atoms with E-state index in [1.165, 1.54) is 0 Å². The average Bonchev–Trinajstić information content (AvgIpc) is 2.07. The molecule has 86 valence electrons. The monoisotopic (exact) mass is 213 g/mol. The van der Waals surface area contributed by atoms with Gasteiger partial charge in [-0.2, -0.15) is 0 Å². The molecular weight excluding hydrogens is 194 g/mol. The highest BCUT2D eigenvalue weighted by Crippen LogP contribution is 2.36. The highest BCUT2D eigenvalue weighted by atomic mass is 16.6. The number of carbonyl (C=O) groups is 1. The molecule has 0 heterocycles. The summed E-state index contributed by atoms with van der Waals surface area (Å²) in [7, 11) is 0.